The van der Waals surface area contributed by atoms with Crippen LogP contribution in [-0.2, 0) is 14.8 Å². The van der Waals surface area contributed by atoms with Gasteiger partial charge in [-0.1, -0.05) is 0 Å². The lowest BCUT2D eigenvalue weighted by atomic mass is 10.2. The summed E-state index contributed by atoms with van der Waals surface area (Å²) in [6.45, 7) is 0. The number of hydrogen-bond donors (Lipinski definition) is 3. The van der Waals surface area contributed by atoms with E-state index in [9.17, 15) is 22.8 Å². The molecule has 0 atom stereocenters. The number of benzene rings is 2. The van der Waals surface area contributed by atoms with Gasteiger partial charge in [-0.15, -0.1) is 11.3 Å². The van der Waals surface area contributed by atoms with Crippen molar-refractivity contribution in [3.8, 4) is 5.75 Å². The van der Waals surface area contributed by atoms with E-state index in [-0.39, 0.29) is 26.7 Å². The zero-order valence-electron chi connectivity index (χ0n) is 17.4. The lowest BCUT2D eigenvalue weighted by Gasteiger charge is -2.10. The second kappa shape index (κ2) is 10.1. The van der Waals surface area contributed by atoms with E-state index in [0.29, 0.717) is 5.75 Å². The van der Waals surface area contributed by atoms with Crippen molar-refractivity contribution < 1.29 is 32.3 Å². The topological polar surface area (TPSA) is 140 Å². The maximum atomic E-state index is 12.6. The van der Waals surface area contributed by atoms with Crippen molar-refractivity contribution in [2.24, 2.45) is 0 Å². The molecule has 33 heavy (non-hydrogen) atoms. The van der Waals surface area contributed by atoms with Crippen LogP contribution >= 0.6 is 11.3 Å². The molecule has 3 rings (SSSR count). The highest BCUT2D eigenvalue weighted by Crippen LogP contribution is 2.25. The molecule has 0 radical (unpaired) electrons. The molecule has 0 bridgehead atoms. The van der Waals surface area contributed by atoms with Crippen LogP contribution < -0.4 is 20.1 Å². The first-order valence-electron chi connectivity index (χ1n) is 9.28. The Bertz CT molecular complexity index is 1270. The SMILES string of the molecule is COC(=O)NC(=O)c1ccsc1NC(=O)c1ccc(NS(=O)(=O)c2ccc(OC)cc2)cc1. The summed E-state index contributed by atoms with van der Waals surface area (Å²) >= 11 is 1.10. The van der Waals surface area contributed by atoms with Crippen LogP contribution in [0.4, 0.5) is 15.5 Å². The molecule has 0 saturated carbocycles. The van der Waals surface area contributed by atoms with Gasteiger partial charge in [-0.2, -0.15) is 0 Å². The van der Waals surface area contributed by atoms with Gasteiger partial charge >= 0.3 is 6.09 Å². The number of anilines is 2. The quantitative estimate of drug-likeness (QED) is 0.462. The number of thiophene rings is 1. The van der Waals surface area contributed by atoms with Crippen LogP contribution in [0.25, 0.3) is 0 Å². The number of methoxy groups -OCH3 is 2. The van der Waals surface area contributed by atoms with Crippen molar-refractivity contribution in [1.29, 1.82) is 0 Å². The molecule has 0 fully saturated rings. The Hall–Kier alpha value is -3.90. The molecule has 0 aliphatic heterocycles. The third-order valence-electron chi connectivity index (χ3n) is 4.31. The van der Waals surface area contributed by atoms with Crippen molar-refractivity contribution in [2.75, 3.05) is 24.3 Å². The maximum absolute atomic E-state index is 12.6. The standard InChI is InChI=1S/C21H19N3O7S2/c1-30-15-7-9-16(10-8-15)33(28,29)24-14-5-3-13(4-6-14)18(25)22-20-17(11-12-32-20)19(26)23-21(27)31-2/h3-12,24H,1-2H3,(H,22,25)(H,23,26,27). The van der Waals surface area contributed by atoms with Gasteiger partial charge in [0, 0.05) is 11.3 Å². The summed E-state index contributed by atoms with van der Waals surface area (Å²) in [5.74, 6) is -0.711. The number of carbonyl (C=O) groups excluding carboxylic acids is 3. The van der Waals surface area contributed by atoms with Crippen LogP contribution in [0.5, 0.6) is 5.75 Å². The van der Waals surface area contributed by atoms with Gasteiger partial charge in [0.1, 0.15) is 10.8 Å². The van der Waals surface area contributed by atoms with E-state index in [1.165, 1.54) is 61.7 Å². The first kappa shape index (κ1) is 23.8. The molecule has 3 aromatic rings. The minimum Gasteiger partial charge on any atom is -0.497 e. The Balaban J connectivity index is 1.68. The molecule has 0 saturated heterocycles. The molecule has 0 aliphatic carbocycles. The van der Waals surface area contributed by atoms with Crippen LogP contribution in [0.2, 0.25) is 0 Å². The molecule has 3 amide bonds. The number of amides is 3. The lowest BCUT2D eigenvalue weighted by Crippen LogP contribution is -2.30. The van der Waals surface area contributed by atoms with Crippen molar-refractivity contribution >= 4 is 50.0 Å². The van der Waals surface area contributed by atoms with Gasteiger partial charge in [-0.25, -0.2) is 13.2 Å². The van der Waals surface area contributed by atoms with Crippen LogP contribution in [0, 0.1) is 0 Å². The highest BCUT2D eigenvalue weighted by atomic mass is 32.2. The Morgan fingerprint density at radius 1 is 0.879 bits per heavy atom. The second-order valence-corrected chi connectivity index (χ2v) is 9.02. The smallest absolute Gasteiger partial charge is 0.413 e. The number of rotatable bonds is 7. The number of sulfonamides is 1. The zero-order valence-corrected chi connectivity index (χ0v) is 19.1. The first-order chi connectivity index (χ1) is 15.7. The molecule has 0 spiro atoms. The normalized spacial score (nSPS) is 10.7. The molecule has 10 nitrogen and oxygen atoms in total. The highest BCUT2D eigenvalue weighted by molar-refractivity contribution is 7.92. The molecule has 1 heterocycles. The lowest BCUT2D eigenvalue weighted by molar-refractivity contribution is 0.0938. The molecule has 2 aromatic carbocycles. The summed E-state index contributed by atoms with van der Waals surface area (Å²) in [5.41, 5.74) is 0.592. The van der Waals surface area contributed by atoms with Gasteiger partial charge in [0.2, 0.25) is 0 Å². The summed E-state index contributed by atoms with van der Waals surface area (Å²) in [5, 5.41) is 6.44. The van der Waals surface area contributed by atoms with Gasteiger partial charge < -0.3 is 14.8 Å². The van der Waals surface area contributed by atoms with Crippen LogP contribution in [0.1, 0.15) is 20.7 Å². The fourth-order valence-electron chi connectivity index (χ4n) is 2.63. The largest absolute Gasteiger partial charge is 0.497 e. The predicted octanol–water partition coefficient (Wildman–Crippen LogP) is 3.31. The third kappa shape index (κ3) is 5.87. The fourth-order valence-corrected chi connectivity index (χ4v) is 4.47. The molecule has 0 aliphatic rings. The number of carbonyl (C=O) groups is 3. The van der Waals surface area contributed by atoms with Gasteiger partial charge in [0.25, 0.3) is 21.8 Å². The van der Waals surface area contributed by atoms with E-state index in [2.05, 4.69) is 14.8 Å². The molecular weight excluding hydrogens is 470 g/mol. The summed E-state index contributed by atoms with van der Waals surface area (Å²) in [7, 11) is -1.22. The molecule has 3 N–H and O–H groups in total. The van der Waals surface area contributed by atoms with Crippen molar-refractivity contribution in [3.63, 3.8) is 0 Å². The Kier molecular flexibility index (Phi) is 7.30. The average molecular weight is 490 g/mol. The summed E-state index contributed by atoms with van der Waals surface area (Å²) < 4.78 is 36.9. The second-order valence-electron chi connectivity index (χ2n) is 6.42. The molecular formula is C21H19N3O7S2. The maximum Gasteiger partial charge on any atom is 0.413 e. The van der Waals surface area contributed by atoms with Gasteiger partial charge in [-0.05, 0) is 60.0 Å². The van der Waals surface area contributed by atoms with Crippen LogP contribution in [0.3, 0.4) is 0 Å². The number of ether oxygens (including phenoxy) is 2. The van der Waals surface area contributed by atoms with E-state index in [0.717, 1.165) is 18.4 Å². The van der Waals surface area contributed by atoms with Crippen molar-refractivity contribution in [3.05, 3.63) is 71.1 Å². The number of imide groups is 1. The van der Waals surface area contributed by atoms with E-state index in [4.69, 9.17) is 4.74 Å². The van der Waals surface area contributed by atoms with Crippen molar-refractivity contribution in [1.82, 2.24) is 5.32 Å². The van der Waals surface area contributed by atoms with E-state index < -0.39 is 27.9 Å². The third-order valence-corrected chi connectivity index (χ3v) is 6.53. The van der Waals surface area contributed by atoms with E-state index in [1.807, 2.05) is 5.32 Å². The predicted molar refractivity (Wildman–Crippen MR) is 122 cm³/mol. The minimum atomic E-state index is -3.83. The van der Waals surface area contributed by atoms with Gasteiger partial charge in [-0.3, -0.25) is 19.6 Å². The van der Waals surface area contributed by atoms with Gasteiger partial charge in [0.15, 0.2) is 0 Å². The monoisotopic (exact) mass is 489 g/mol. The fraction of sp³-hybridized carbons (Fsp3) is 0.0952. The Morgan fingerprint density at radius 3 is 2.15 bits per heavy atom. The van der Waals surface area contributed by atoms with Gasteiger partial charge in [0.05, 0.1) is 24.7 Å². The van der Waals surface area contributed by atoms with E-state index in [1.54, 1.807) is 5.38 Å². The highest BCUT2D eigenvalue weighted by Gasteiger charge is 2.19. The zero-order chi connectivity index (χ0) is 24.0. The number of hydrogen-bond acceptors (Lipinski definition) is 8. The number of alkyl carbamates (subject to hydrolysis) is 1. The Labute approximate surface area is 193 Å². The summed E-state index contributed by atoms with van der Waals surface area (Å²) in [6, 6.07) is 13.1. The van der Waals surface area contributed by atoms with E-state index >= 15 is 0 Å². The molecule has 12 heteroatoms. The minimum absolute atomic E-state index is 0.0561. The van der Waals surface area contributed by atoms with Crippen LogP contribution in [0.15, 0.2) is 64.9 Å². The summed E-state index contributed by atoms with van der Waals surface area (Å²) in [6.07, 6.45) is -0.920. The molecule has 0 unspecified atom stereocenters. The Morgan fingerprint density at radius 2 is 1.55 bits per heavy atom. The summed E-state index contributed by atoms with van der Waals surface area (Å²) in [4.78, 5) is 36.0. The first-order valence-corrected chi connectivity index (χ1v) is 11.6. The molecule has 1 aromatic heterocycles. The van der Waals surface area contributed by atoms with Crippen LogP contribution in [-0.4, -0.2) is 40.5 Å². The molecule has 172 valence electrons. The average Bonchev–Trinajstić information content (AvgIpc) is 3.27. The number of nitrogens with one attached hydrogen (secondary N) is 3. The van der Waals surface area contributed by atoms with Crippen molar-refractivity contribution in [2.45, 2.75) is 4.90 Å².